The number of carbonyl (C=O) groups excluding carboxylic acids is 1. The van der Waals surface area contributed by atoms with Crippen molar-refractivity contribution in [2.75, 3.05) is 5.32 Å². The summed E-state index contributed by atoms with van der Waals surface area (Å²) in [6.07, 6.45) is 0.333. The van der Waals surface area contributed by atoms with E-state index < -0.39 is 5.97 Å². The Hall–Kier alpha value is -2.63. The van der Waals surface area contributed by atoms with E-state index in [-0.39, 0.29) is 17.4 Å². The first-order chi connectivity index (χ1) is 9.56. The van der Waals surface area contributed by atoms with Gasteiger partial charge in [-0.1, -0.05) is 12.1 Å². The molecule has 6 heteroatoms. The molecule has 0 radical (unpaired) electrons. The van der Waals surface area contributed by atoms with Gasteiger partial charge in [0.15, 0.2) is 5.82 Å². The van der Waals surface area contributed by atoms with Crippen molar-refractivity contribution in [1.29, 1.82) is 0 Å². The number of H-pyrrole nitrogens is 1. The Labute approximate surface area is 114 Å². The number of nitrogens with zero attached hydrogens (tertiary/aromatic N) is 1. The molecule has 0 spiro atoms. The highest BCUT2D eigenvalue weighted by atomic mass is 16.4. The molecule has 3 rings (SSSR count). The third-order valence-electron chi connectivity index (χ3n) is 3.55. The number of anilines is 1. The Morgan fingerprint density at radius 1 is 1.35 bits per heavy atom. The monoisotopic (exact) mass is 271 g/mol. The summed E-state index contributed by atoms with van der Waals surface area (Å²) in [4.78, 5) is 22.6. The molecule has 6 nitrogen and oxygen atoms in total. The molecule has 0 saturated heterocycles. The van der Waals surface area contributed by atoms with E-state index in [2.05, 4.69) is 15.5 Å². The Morgan fingerprint density at radius 2 is 2.05 bits per heavy atom. The number of aromatic amines is 1. The number of carboxylic acid groups (broad SMARTS) is 1. The van der Waals surface area contributed by atoms with Crippen molar-refractivity contribution in [2.24, 2.45) is 0 Å². The molecule has 0 unspecified atom stereocenters. The predicted molar refractivity (Wildman–Crippen MR) is 71.8 cm³/mol. The average Bonchev–Trinajstić information content (AvgIpc) is 2.79. The SMILES string of the molecule is Cc1[nH]nc2c1[C@@H](c1ccc(C(=O)O)cc1)CC(=O)N2. The molecular weight excluding hydrogens is 258 g/mol. The molecule has 1 atom stereocenters. The van der Waals surface area contributed by atoms with Crippen molar-refractivity contribution in [1.82, 2.24) is 10.2 Å². The van der Waals surface area contributed by atoms with Crippen molar-refractivity contribution in [3.05, 3.63) is 46.6 Å². The molecule has 1 amide bonds. The molecule has 1 aliphatic heterocycles. The van der Waals surface area contributed by atoms with E-state index in [4.69, 9.17) is 5.11 Å². The summed E-state index contributed by atoms with van der Waals surface area (Å²) >= 11 is 0. The molecule has 0 saturated carbocycles. The van der Waals surface area contributed by atoms with Gasteiger partial charge in [-0.05, 0) is 24.6 Å². The third kappa shape index (κ3) is 1.95. The maximum absolute atomic E-state index is 11.7. The second-order valence-electron chi connectivity index (χ2n) is 4.84. The maximum Gasteiger partial charge on any atom is 0.335 e. The summed E-state index contributed by atoms with van der Waals surface area (Å²) in [5.74, 6) is -0.583. The summed E-state index contributed by atoms with van der Waals surface area (Å²) < 4.78 is 0. The fraction of sp³-hybridized carbons (Fsp3) is 0.214. The van der Waals surface area contributed by atoms with Crippen molar-refractivity contribution in [2.45, 2.75) is 19.3 Å². The minimum Gasteiger partial charge on any atom is -0.478 e. The minimum atomic E-state index is -0.960. The summed E-state index contributed by atoms with van der Waals surface area (Å²) in [7, 11) is 0. The molecule has 2 aromatic rings. The van der Waals surface area contributed by atoms with Gasteiger partial charge in [-0.2, -0.15) is 5.10 Å². The first-order valence-electron chi connectivity index (χ1n) is 6.24. The Bertz CT molecular complexity index is 688. The fourth-order valence-electron chi connectivity index (χ4n) is 2.57. The van der Waals surface area contributed by atoms with Crippen LogP contribution in [0.5, 0.6) is 0 Å². The second-order valence-corrected chi connectivity index (χ2v) is 4.84. The number of aromatic nitrogens is 2. The van der Waals surface area contributed by atoms with Gasteiger partial charge in [0.25, 0.3) is 0 Å². The lowest BCUT2D eigenvalue weighted by atomic mass is 9.85. The number of amides is 1. The van der Waals surface area contributed by atoms with Gasteiger partial charge in [0.05, 0.1) is 5.56 Å². The smallest absolute Gasteiger partial charge is 0.335 e. The topological polar surface area (TPSA) is 95.1 Å². The van der Waals surface area contributed by atoms with Gasteiger partial charge < -0.3 is 10.4 Å². The number of hydrogen-bond donors (Lipinski definition) is 3. The van der Waals surface area contributed by atoms with Crippen LogP contribution in [0.3, 0.4) is 0 Å². The minimum absolute atomic E-state index is 0.0867. The van der Waals surface area contributed by atoms with Gasteiger partial charge in [-0.3, -0.25) is 9.89 Å². The molecule has 2 heterocycles. The molecule has 0 fully saturated rings. The first-order valence-corrected chi connectivity index (χ1v) is 6.24. The largest absolute Gasteiger partial charge is 0.478 e. The highest BCUT2D eigenvalue weighted by molar-refractivity contribution is 5.94. The number of rotatable bonds is 2. The molecule has 1 aromatic heterocycles. The van der Waals surface area contributed by atoms with Crippen molar-refractivity contribution in [3.63, 3.8) is 0 Å². The summed E-state index contributed by atoms with van der Waals surface area (Å²) in [6, 6.07) is 6.62. The summed E-state index contributed by atoms with van der Waals surface area (Å²) in [5.41, 5.74) is 3.02. The molecule has 1 aliphatic rings. The number of benzene rings is 1. The Kier molecular flexibility index (Phi) is 2.78. The lowest BCUT2D eigenvalue weighted by Crippen LogP contribution is -2.23. The highest BCUT2D eigenvalue weighted by Crippen LogP contribution is 2.37. The number of carbonyl (C=O) groups is 2. The number of aryl methyl sites for hydroxylation is 1. The number of carboxylic acids is 1. The van der Waals surface area contributed by atoms with Gasteiger partial charge in [-0.15, -0.1) is 0 Å². The van der Waals surface area contributed by atoms with E-state index in [1.54, 1.807) is 24.3 Å². The molecule has 3 N–H and O–H groups in total. The van der Waals surface area contributed by atoms with Gasteiger partial charge in [0.1, 0.15) is 0 Å². The van der Waals surface area contributed by atoms with Gasteiger partial charge in [0.2, 0.25) is 5.91 Å². The van der Waals surface area contributed by atoms with Crippen LogP contribution >= 0.6 is 0 Å². The standard InChI is InChI=1S/C14H13N3O3/c1-7-12-10(6-11(18)15-13(12)17-16-7)8-2-4-9(5-3-8)14(19)20/h2-5,10H,6H2,1H3,(H,19,20)(H2,15,16,17,18)/t10-/m1/s1. The summed E-state index contributed by atoms with van der Waals surface area (Å²) in [5, 5.41) is 18.6. The quantitative estimate of drug-likeness (QED) is 0.777. The van der Waals surface area contributed by atoms with E-state index >= 15 is 0 Å². The van der Waals surface area contributed by atoms with E-state index in [0.29, 0.717) is 12.2 Å². The Morgan fingerprint density at radius 3 is 2.70 bits per heavy atom. The zero-order valence-corrected chi connectivity index (χ0v) is 10.8. The molecular formula is C14H13N3O3. The molecule has 0 aliphatic carbocycles. The molecule has 20 heavy (non-hydrogen) atoms. The number of aromatic carboxylic acids is 1. The van der Waals surface area contributed by atoms with Crippen LogP contribution < -0.4 is 5.32 Å². The van der Waals surface area contributed by atoms with Crippen LogP contribution in [0, 0.1) is 6.92 Å². The van der Waals surface area contributed by atoms with Crippen LogP contribution in [0.15, 0.2) is 24.3 Å². The number of nitrogens with one attached hydrogen (secondary N) is 2. The fourth-order valence-corrected chi connectivity index (χ4v) is 2.57. The van der Waals surface area contributed by atoms with Crippen LogP contribution in [0.2, 0.25) is 0 Å². The third-order valence-corrected chi connectivity index (χ3v) is 3.55. The lowest BCUT2D eigenvalue weighted by molar-refractivity contribution is -0.116. The Balaban J connectivity index is 2.03. The summed E-state index contributed by atoms with van der Waals surface area (Å²) in [6.45, 7) is 1.90. The van der Waals surface area contributed by atoms with E-state index in [0.717, 1.165) is 16.8 Å². The van der Waals surface area contributed by atoms with Crippen LogP contribution in [0.25, 0.3) is 0 Å². The van der Waals surface area contributed by atoms with E-state index in [1.165, 1.54) is 0 Å². The number of fused-ring (bicyclic) bond motifs is 1. The van der Waals surface area contributed by atoms with Gasteiger partial charge in [0, 0.05) is 23.6 Å². The molecule has 102 valence electrons. The number of hydrogen-bond acceptors (Lipinski definition) is 3. The van der Waals surface area contributed by atoms with E-state index in [1.807, 2.05) is 6.92 Å². The van der Waals surface area contributed by atoms with Crippen LogP contribution in [-0.4, -0.2) is 27.2 Å². The van der Waals surface area contributed by atoms with Gasteiger partial charge >= 0.3 is 5.97 Å². The van der Waals surface area contributed by atoms with Crippen molar-refractivity contribution >= 4 is 17.7 Å². The van der Waals surface area contributed by atoms with Crippen LogP contribution in [-0.2, 0) is 4.79 Å². The van der Waals surface area contributed by atoms with Crippen LogP contribution in [0.1, 0.15) is 39.5 Å². The van der Waals surface area contributed by atoms with Crippen LogP contribution in [0.4, 0.5) is 5.82 Å². The van der Waals surface area contributed by atoms with Crippen molar-refractivity contribution in [3.8, 4) is 0 Å². The lowest BCUT2D eigenvalue weighted by Gasteiger charge is -2.23. The maximum atomic E-state index is 11.7. The first kappa shape index (κ1) is 12.4. The molecule has 0 bridgehead atoms. The van der Waals surface area contributed by atoms with E-state index in [9.17, 15) is 9.59 Å². The zero-order valence-electron chi connectivity index (χ0n) is 10.8. The predicted octanol–water partition coefficient (Wildman–Crippen LogP) is 1.89. The average molecular weight is 271 g/mol. The normalized spacial score (nSPS) is 17.4. The highest BCUT2D eigenvalue weighted by Gasteiger charge is 2.30. The van der Waals surface area contributed by atoms with Crippen molar-refractivity contribution < 1.29 is 14.7 Å². The molecule has 1 aromatic carbocycles. The zero-order chi connectivity index (χ0) is 14.3. The van der Waals surface area contributed by atoms with Gasteiger partial charge in [-0.25, -0.2) is 4.79 Å². The second kappa shape index (κ2) is 4.48.